The Bertz CT molecular complexity index is 511. The molecule has 6 nitrogen and oxygen atoms in total. The standard InChI is InChI=1S/C15H19NO5/c1-20-12-5-2-4-11(10-12)16(8-7-14(17)18)15(19)13-6-3-9-21-13/h2,4-5,10,13H,3,6-9H2,1H3,(H,17,18). The van der Waals surface area contributed by atoms with Crippen LogP contribution in [0.3, 0.4) is 0 Å². The number of methoxy groups -OCH3 is 1. The van der Waals surface area contributed by atoms with Crippen molar-refractivity contribution in [3.05, 3.63) is 24.3 Å². The molecule has 1 N–H and O–H groups in total. The summed E-state index contributed by atoms with van der Waals surface area (Å²) in [5.74, 6) is -0.516. The van der Waals surface area contributed by atoms with Gasteiger partial charge in [-0.2, -0.15) is 0 Å². The molecular weight excluding hydrogens is 274 g/mol. The van der Waals surface area contributed by atoms with Crippen LogP contribution in [-0.2, 0) is 14.3 Å². The maximum absolute atomic E-state index is 12.5. The normalized spacial score (nSPS) is 17.5. The van der Waals surface area contributed by atoms with Crippen LogP contribution in [0.15, 0.2) is 24.3 Å². The minimum Gasteiger partial charge on any atom is -0.497 e. The van der Waals surface area contributed by atoms with Crippen LogP contribution in [0.2, 0.25) is 0 Å². The minimum atomic E-state index is -0.942. The van der Waals surface area contributed by atoms with Gasteiger partial charge in [-0.3, -0.25) is 9.59 Å². The Balaban J connectivity index is 2.21. The van der Waals surface area contributed by atoms with Crippen LogP contribution in [-0.4, -0.2) is 43.3 Å². The number of ether oxygens (including phenoxy) is 2. The number of carbonyl (C=O) groups is 2. The Kier molecular flexibility index (Phi) is 5.16. The van der Waals surface area contributed by atoms with Gasteiger partial charge in [0.15, 0.2) is 0 Å². The van der Waals surface area contributed by atoms with Crippen molar-refractivity contribution in [3.63, 3.8) is 0 Å². The Labute approximate surface area is 123 Å². The van der Waals surface area contributed by atoms with E-state index in [0.29, 0.717) is 24.5 Å². The van der Waals surface area contributed by atoms with Crippen LogP contribution in [0, 0.1) is 0 Å². The first-order valence-electron chi connectivity index (χ1n) is 6.90. The van der Waals surface area contributed by atoms with Gasteiger partial charge in [0, 0.05) is 24.9 Å². The lowest BCUT2D eigenvalue weighted by Gasteiger charge is -2.25. The van der Waals surface area contributed by atoms with Crippen LogP contribution < -0.4 is 9.64 Å². The highest BCUT2D eigenvalue weighted by atomic mass is 16.5. The van der Waals surface area contributed by atoms with Crippen LogP contribution in [0.1, 0.15) is 19.3 Å². The van der Waals surface area contributed by atoms with Gasteiger partial charge in [-0.25, -0.2) is 0 Å². The molecule has 1 aliphatic heterocycles. The minimum absolute atomic E-state index is 0.112. The molecule has 21 heavy (non-hydrogen) atoms. The van der Waals surface area contributed by atoms with Gasteiger partial charge in [0.25, 0.3) is 5.91 Å². The third kappa shape index (κ3) is 3.95. The molecule has 0 aliphatic carbocycles. The third-order valence-corrected chi connectivity index (χ3v) is 3.39. The van der Waals surface area contributed by atoms with E-state index >= 15 is 0 Å². The molecule has 2 rings (SSSR count). The lowest BCUT2D eigenvalue weighted by atomic mass is 10.2. The van der Waals surface area contributed by atoms with E-state index in [2.05, 4.69) is 0 Å². The number of nitrogens with zero attached hydrogens (tertiary/aromatic N) is 1. The van der Waals surface area contributed by atoms with E-state index in [-0.39, 0.29) is 18.9 Å². The second kappa shape index (κ2) is 7.08. The second-order valence-corrected chi connectivity index (χ2v) is 4.84. The summed E-state index contributed by atoms with van der Waals surface area (Å²) in [6.07, 6.45) is 0.925. The molecule has 1 amide bonds. The number of rotatable bonds is 6. The Morgan fingerprint density at radius 2 is 2.29 bits per heavy atom. The van der Waals surface area contributed by atoms with E-state index in [4.69, 9.17) is 14.6 Å². The first-order valence-corrected chi connectivity index (χ1v) is 6.90. The molecule has 1 aliphatic rings. The van der Waals surface area contributed by atoms with E-state index in [0.717, 1.165) is 6.42 Å². The molecule has 114 valence electrons. The van der Waals surface area contributed by atoms with E-state index in [1.54, 1.807) is 31.4 Å². The fourth-order valence-corrected chi connectivity index (χ4v) is 2.30. The molecule has 1 unspecified atom stereocenters. The number of carboxylic acid groups (broad SMARTS) is 1. The molecule has 1 fully saturated rings. The van der Waals surface area contributed by atoms with E-state index in [1.807, 2.05) is 0 Å². The van der Waals surface area contributed by atoms with Gasteiger partial charge in [0.05, 0.1) is 13.5 Å². The predicted molar refractivity (Wildman–Crippen MR) is 76.6 cm³/mol. The summed E-state index contributed by atoms with van der Waals surface area (Å²) in [7, 11) is 1.54. The summed E-state index contributed by atoms with van der Waals surface area (Å²) < 4.78 is 10.6. The summed E-state index contributed by atoms with van der Waals surface area (Å²) in [6.45, 7) is 0.683. The number of aliphatic carboxylic acids is 1. The molecule has 0 aromatic heterocycles. The number of amides is 1. The van der Waals surface area contributed by atoms with E-state index in [9.17, 15) is 9.59 Å². The molecule has 0 bridgehead atoms. The monoisotopic (exact) mass is 293 g/mol. The van der Waals surface area contributed by atoms with Gasteiger partial charge in [0.2, 0.25) is 0 Å². The zero-order chi connectivity index (χ0) is 15.2. The molecule has 0 radical (unpaired) electrons. The van der Waals surface area contributed by atoms with Crippen molar-refractivity contribution in [2.45, 2.75) is 25.4 Å². The molecule has 1 atom stereocenters. The van der Waals surface area contributed by atoms with Crippen LogP contribution >= 0.6 is 0 Å². The summed E-state index contributed by atoms with van der Waals surface area (Å²) in [4.78, 5) is 24.8. The lowest BCUT2D eigenvalue weighted by Crippen LogP contribution is -2.40. The fraction of sp³-hybridized carbons (Fsp3) is 0.467. The number of anilines is 1. The highest BCUT2D eigenvalue weighted by Gasteiger charge is 2.29. The van der Waals surface area contributed by atoms with E-state index in [1.165, 1.54) is 4.90 Å². The van der Waals surface area contributed by atoms with Crippen molar-refractivity contribution in [2.75, 3.05) is 25.2 Å². The second-order valence-electron chi connectivity index (χ2n) is 4.84. The van der Waals surface area contributed by atoms with Gasteiger partial charge in [-0.05, 0) is 25.0 Å². The zero-order valence-corrected chi connectivity index (χ0v) is 11.9. The average molecular weight is 293 g/mol. The molecule has 1 heterocycles. The van der Waals surface area contributed by atoms with Crippen LogP contribution in [0.4, 0.5) is 5.69 Å². The number of carboxylic acids is 1. The maximum Gasteiger partial charge on any atom is 0.305 e. The number of carbonyl (C=O) groups excluding carboxylic acids is 1. The van der Waals surface area contributed by atoms with Gasteiger partial charge in [-0.15, -0.1) is 0 Å². The maximum atomic E-state index is 12.5. The van der Waals surface area contributed by atoms with Crippen LogP contribution in [0.5, 0.6) is 5.75 Å². The molecule has 0 saturated carbocycles. The van der Waals surface area contributed by atoms with Gasteiger partial charge in [-0.1, -0.05) is 6.07 Å². The predicted octanol–water partition coefficient (Wildman–Crippen LogP) is 1.68. The lowest BCUT2D eigenvalue weighted by molar-refractivity contribution is -0.136. The van der Waals surface area contributed by atoms with E-state index < -0.39 is 12.1 Å². The van der Waals surface area contributed by atoms with Crippen molar-refractivity contribution in [1.29, 1.82) is 0 Å². The molecule has 1 saturated heterocycles. The summed E-state index contributed by atoms with van der Waals surface area (Å²) >= 11 is 0. The van der Waals surface area contributed by atoms with Crippen LogP contribution in [0.25, 0.3) is 0 Å². The molecule has 1 aromatic carbocycles. The first kappa shape index (κ1) is 15.3. The van der Waals surface area contributed by atoms with Gasteiger partial charge < -0.3 is 19.5 Å². The number of hydrogen-bond donors (Lipinski definition) is 1. The number of hydrogen-bond acceptors (Lipinski definition) is 4. The quantitative estimate of drug-likeness (QED) is 0.863. The first-order chi connectivity index (χ1) is 10.1. The molecule has 0 spiro atoms. The summed E-state index contributed by atoms with van der Waals surface area (Å²) in [5.41, 5.74) is 0.621. The summed E-state index contributed by atoms with van der Waals surface area (Å²) in [5, 5.41) is 8.86. The molecule has 1 aromatic rings. The number of benzene rings is 1. The largest absolute Gasteiger partial charge is 0.497 e. The Hall–Kier alpha value is -2.08. The Morgan fingerprint density at radius 1 is 1.48 bits per heavy atom. The highest BCUT2D eigenvalue weighted by Crippen LogP contribution is 2.24. The van der Waals surface area contributed by atoms with Crippen molar-refractivity contribution in [3.8, 4) is 5.75 Å². The molecular formula is C15H19NO5. The molecule has 6 heteroatoms. The van der Waals surface area contributed by atoms with Crippen molar-refractivity contribution in [2.24, 2.45) is 0 Å². The van der Waals surface area contributed by atoms with Gasteiger partial charge in [0.1, 0.15) is 11.9 Å². The zero-order valence-electron chi connectivity index (χ0n) is 11.9. The summed E-state index contributed by atoms with van der Waals surface area (Å²) in [6, 6.07) is 7.02. The average Bonchev–Trinajstić information content (AvgIpc) is 3.01. The SMILES string of the molecule is COc1cccc(N(CCC(=O)O)C(=O)C2CCCO2)c1. The third-order valence-electron chi connectivity index (χ3n) is 3.39. The smallest absolute Gasteiger partial charge is 0.305 e. The van der Waals surface area contributed by atoms with Crippen molar-refractivity contribution in [1.82, 2.24) is 0 Å². The van der Waals surface area contributed by atoms with Crippen molar-refractivity contribution < 1.29 is 24.2 Å². The van der Waals surface area contributed by atoms with Gasteiger partial charge >= 0.3 is 5.97 Å². The fourth-order valence-electron chi connectivity index (χ4n) is 2.30. The topological polar surface area (TPSA) is 76.1 Å². The highest BCUT2D eigenvalue weighted by molar-refractivity contribution is 5.97. The van der Waals surface area contributed by atoms with Crippen molar-refractivity contribution >= 4 is 17.6 Å². The Morgan fingerprint density at radius 3 is 2.90 bits per heavy atom.